The van der Waals surface area contributed by atoms with Gasteiger partial charge in [-0.15, -0.1) is 0 Å². The van der Waals surface area contributed by atoms with E-state index in [1.54, 1.807) is 0 Å². The van der Waals surface area contributed by atoms with E-state index in [1.807, 2.05) is 0 Å². The van der Waals surface area contributed by atoms with Crippen molar-refractivity contribution in [3.05, 3.63) is 0 Å². The third-order valence-corrected chi connectivity index (χ3v) is 3.78. The summed E-state index contributed by atoms with van der Waals surface area (Å²) in [4.78, 5) is 2.58. The standard InChI is InChI=1S/C14H28N2O/c1-2-9-17-10-8-16-7-3-4-13(12-16)11-15-14-5-6-14/h13-15H,2-12H2,1H3. The van der Waals surface area contributed by atoms with Gasteiger partial charge in [-0.2, -0.15) is 0 Å². The van der Waals surface area contributed by atoms with Crippen molar-refractivity contribution in [3.8, 4) is 0 Å². The van der Waals surface area contributed by atoms with Crippen LogP contribution in [0.4, 0.5) is 0 Å². The summed E-state index contributed by atoms with van der Waals surface area (Å²) < 4.78 is 5.57. The van der Waals surface area contributed by atoms with Gasteiger partial charge in [0.15, 0.2) is 0 Å². The maximum absolute atomic E-state index is 5.57. The number of nitrogens with zero attached hydrogens (tertiary/aromatic N) is 1. The average Bonchev–Trinajstić information content (AvgIpc) is 3.17. The Kier molecular flexibility index (Phi) is 5.75. The van der Waals surface area contributed by atoms with Crippen LogP contribution in [0.5, 0.6) is 0 Å². The third-order valence-electron chi connectivity index (χ3n) is 3.78. The van der Waals surface area contributed by atoms with Gasteiger partial charge >= 0.3 is 0 Å². The maximum atomic E-state index is 5.57. The van der Waals surface area contributed by atoms with E-state index in [9.17, 15) is 0 Å². The number of hydrogen-bond acceptors (Lipinski definition) is 3. The number of piperidine rings is 1. The van der Waals surface area contributed by atoms with E-state index in [-0.39, 0.29) is 0 Å². The van der Waals surface area contributed by atoms with Crippen molar-refractivity contribution in [2.24, 2.45) is 5.92 Å². The second-order valence-corrected chi connectivity index (χ2v) is 5.60. The van der Waals surface area contributed by atoms with Gasteiger partial charge in [0.1, 0.15) is 0 Å². The summed E-state index contributed by atoms with van der Waals surface area (Å²) in [5.74, 6) is 0.871. The lowest BCUT2D eigenvalue weighted by Gasteiger charge is -2.32. The van der Waals surface area contributed by atoms with Crippen LogP contribution >= 0.6 is 0 Å². The molecule has 1 aliphatic carbocycles. The molecule has 2 fully saturated rings. The fourth-order valence-electron chi connectivity index (χ4n) is 2.58. The highest BCUT2D eigenvalue weighted by Gasteiger charge is 2.24. The molecule has 2 aliphatic rings. The molecule has 1 aliphatic heterocycles. The number of hydrogen-bond donors (Lipinski definition) is 1. The lowest BCUT2D eigenvalue weighted by Crippen LogP contribution is -2.41. The molecule has 1 N–H and O–H groups in total. The van der Waals surface area contributed by atoms with Crippen molar-refractivity contribution >= 4 is 0 Å². The monoisotopic (exact) mass is 240 g/mol. The summed E-state index contributed by atoms with van der Waals surface area (Å²) in [7, 11) is 0. The lowest BCUT2D eigenvalue weighted by atomic mass is 9.98. The van der Waals surface area contributed by atoms with Gasteiger partial charge in [-0.3, -0.25) is 0 Å². The van der Waals surface area contributed by atoms with Gasteiger partial charge in [0.05, 0.1) is 6.61 Å². The second-order valence-electron chi connectivity index (χ2n) is 5.60. The molecule has 0 amide bonds. The molecule has 0 aromatic heterocycles. The van der Waals surface area contributed by atoms with Crippen LogP contribution < -0.4 is 5.32 Å². The van der Waals surface area contributed by atoms with Crippen LogP contribution in [-0.2, 0) is 4.74 Å². The number of nitrogens with one attached hydrogen (secondary N) is 1. The van der Waals surface area contributed by atoms with E-state index >= 15 is 0 Å². The minimum absolute atomic E-state index is 0.860. The first-order chi connectivity index (χ1) is 8.38. The van der Waals surface area contributed by atoms with E-state index < -0.39 is 0 Å². The highest BCUT2D eigenvalue weighted by Crippen LogP contribution is 2.21. The van der Waals surface area contributed by atoms with E-state index in [1.165, 1.54) is 45.3 Å². The largest absolute Gasteiger partial charge is 0.380 e. The molecule has 2 rings (SSSR count). The predicted octanol–water partition coefficient (Wildman–Crippen LogP) is 1.88. The van der Waals surface area contributed by atoms with Gasteiger partial charge in [-0.05, 0) is 51.1 Å². The fraction of sp³-hybridized carbons (Fsp3) is 1.00. The molecule has 1 unspecified atom stereocenters. The molecule has 1 saturated heterocycles. The molecule has 1 saturated carbocycles. The van der Waals surface area contributed by atoms with Crippen molar-refractivity contribution in [1.29, 1.82) is 0 Å². The molecule has 100 valence electrons. The zero-order valence-electron chi connectivity index (χ0n) is 11.3. The quantitative estimate of drug-likeness (QED) is 0.656. The molecule has 0 aromatic rings. The van der Waals surface area contributed by atoms with E-state index in [0.717, 1.165) is 38.1 Å². The molecule has 3 nitrogen and oxygen atoms in total. The Balaban J connectivity index is 1.55. The van der Waals surface area contributed by atoms with Crippen molar-refractivity contribution in [2.45, 2.75) is 45.1 Å². The summed E-state index contributed by atoms with van der Waals surface area (Å²) in [5, 5.41) is 3.67. The Morgan fingerprint density at radius 1 is 1.24 bits per heavy atom. The van der Waals surface area contributed by atoms with E-state index in [2.05, 4.69) is 17.1 Å². The first kappa shape index (κ1) is 13.3. The topological polar surface area (TPSA) is 24.5 Å². The van der Waals surface area contributed by atoms with Crippen LogP contribution in [0.1, 0.15) is 39.0 Å². The van der Waals surface area contributed by atoms with Gasteiger partial charge in [0.25, 0.3) is 0 Å². The SMILES string of the molecule is CCCOCCN1CCCC(CNC2CC2)C1. The van der Waals surface area contributed by atoms with Crippen LogP contribution in [0.15, 0.2) is 0 Å². The third kappa shape index (κ3) is 5.36. The molecule has 17 heavy (non-hydrogen) atoms. The molecule has 0 bridgehead atoms. The lowest BCUT2D eigenvalue weighted by molar-refractivity contribution is 0.0850. The molecule has 1 heterocycles. The first-order valence-corrected chi connectivity index (χ1v) is 7.42. The predicted molar refractivity (Wildman–Crippen MR) is 71.3 cm³/mol. The Hall–Kier alpha value is -0.120. The van der Waals surface area contributed by atoms with E-state index in [4.69, 9.17) is 4.74 Å². The molecule has 3 heteroatoms. The summed E-state index contributed by atoms with van der Waals surface area (Å²) in [6, 6.07) is 0.860. The van der Waals surface area contributed by atoms with E-state index in [0.29, 0.717) is 0 Å². The molecule has 0 spiro atoms. The normalized spacial score (nSPS) is 26.3. The fourth-order valence-corrected chi connectivity index (χ4v) is 2.58. The van der Waals surface area contributed by atoms with Crippen molar-refractivity contribution in [2.75, 3.05) is 39.4 Å². The van der Waals surface area contributed by atoms with Crippen molar-refractivity contribution in [3.63, 3.8) is 0 Å². The highest BCUT2D eigenvalue weighted by molar-refractivity contribution is 4.83. The Labute approximate surface area is 106 Å². The van der Waals surface area contributed by atoms with Crippen LogP contribution in [0.2, 0.25) is 0 Å². The second kappa shape index (κ2) is 7.34. The maximum Gasteiger partial charge on any atom is 0.0593 e. The van der Waals surface area contributed by atoms with Crippen molar-refractivity contribution in [1.82, 2.24) is 10.2 Å². The number of ether oxygens (including phenoxy) is 1. The summed E-state index contributed by atoms with van der Waals surface area (Å²) >= 11 is 0. The van der Waals surface area contributed by atoms with Gasteiger partial charge < -0.3 is 15.0 Å². The minimum Gasteiger partial charge on any atom is -0.380 e. The van der Waals surface area contributed by atoms with Crippen LogP contribution in [-0.4, -0.2) is 50.3 Å². The van der Waals surface area contributed by atoms with Crippen LogP contribution in [0.25, 0.3) is 0 Å². The Morgan fingerprint density at radius 2 is 2.12 bits per heavy atom. The van der Waals surface area contributed by atoms with Gasteiger partial charge in [-0.25, -0.2) is 0 Å². The smallest absolute Gasteiger partial charge is 0.0593 e. The summed E-state index contributed by atoms with van der Waals surface area (Å²) in [6.07, 6.45) is 6.72. The molecule has 0 radical (unpaired) electrons. The molecule has 0 aromatic carbocycles. The molecular formula is C14H28N2O. The first-order valence-electron chi connectivity index (χ1n) is 7.42. The minimum atomic E-state index is 0.860. The summed E-state index contributed by atoms with van der Waals surface area (Å²) in [5.41, 5.74) is 0. The van der Waals surface area contributed by atoms with Crippen molar-refractivity contribution < 1.29 is 4.74 Å². The van der Waals surface area contributed by atoms with Gasteiger partial charge in [0, 0.05) is 25.7 Å². The van der Waals surface area contributed by atoms with Crippen LogP contribution in [0.3, 0.4) is 0 Å². The van der Waals surface area contributed by atoms with Gasteiger partial charge in [-0.1, -0.05) is 6.92 Å². The average molecular weight is 240 g/mol. The van der Waals surface area contributed by atoms with Gasteiger partial charge in [0.2, 0.25) is 0 Å². The van der Waals surface area contributed by atoms with Crippen LogP contribution in [0, 0.1) is 5.92 Å². The molecule has 1 atom stereocenters. The Morgan fingerprint density at radius 3 is 2.88 bits per heavy atom. The number of likely N-dealkylation sites (tertiary alicyclic amines) is 1. The zero-order valence-corrected chi connectivity index (χ0v) is 11.3. The highest BCUT2D eigenvalue weighted by atomic mass is 16.5. The molecular weight excluding hydrogens is 212 g/mol. The number of rotatable bonds is 8. The summed E-state index contributed by atoms with van der Waals surface area (Å²) in [6.45, 7) is 8.90. The Bertz CT molecular complexity index is 206. The zero-order chi connectivity index (χ0) is 11.9.